The first kappa shape index (κ1) is 14.2. The first-order valence-corrected chi connectivity index (χ1v) is 7.92. The third-order valence-corrected chi connectivity index (χ3v) is 4.79. The fraction of sp³-hybridized carbons (Fsp3) is 0.583. The van der Waals surface area contributed by atoms with Gasteiger partial charge in [-0.1, -0.05) is 36.5 Å². The molecule has 2 aromatic rings. The predicted molar refractivity (Wildman–Crippen MR) is 83.6 cm³/mol. The number of nitrogens with one attached hydrogen (secondary N) is 1. The number of thiazole rings is 1. The maximum Gasteiger partial charge on any atom is 0.206 e. The van der Waals surface area contributed by atoms with Crippen molar-refractivity contribution in [3.8, 4) is 9.88 Å². The zero-order valence-corrected chi connectivity index (χ0v) is 13.5. The van der Waals surface area contributed by atoms with Gasteiger partial charge in [-0.25, -0.2) is 4.98 Å². The van der Waals surface area contributed by atoms with Crippen molar-refractivity contribution < 1.29 is 0 Å². The van der Waals surface area contributed by atoms with Crippen molar-refractivity contribution >= 4 is 32.9 Å². The van der Waals surface area contributed by atoms with E-state index in [4.69, 9.17) is 4.98 Å². The largest absolute Gasteiger partial charge is 0.360 e. The molecule has 0 radical (unpaired) electrons. The molecule has 0 saturated heterocycles. The summed E-state index contributed by atoms with van der Waals surface area (Å²) in [5, 5.41) is 14.5. The first-order chi connectivity index (χ1) is 9.02. The van der Waals surface area contributed by atoms with E-state index in [2.05, 4.69) is 36.3 Å². The molecule has 0 aliphatic rings. The van der Waals surface area contributed by atoms with Crippen LogP contribution in [-0.4, -0.2) is 35.8 Å². The van der Waals surface area contributed by atoms with Gasteiger partial charge >= 0.3 is 0 Å². The van der Waals surface area contributed by atoms with E-state index in [0.717, 1.165) is 32.4 Å². The molecule has 0 unspecified atom stereocenters. The molecule has 0 aromatic carbocycles. The van der Waals surface area contributed by atoms with Crippen LogP contribution < -0.4 is 10.2 Å². The second-order valence-electron chi connectivity index (χ2n) is 4.70. The van der Waals surface area contributed by atoms with Gasteiger partial charge in [-0.2, -0.15) is 0 Å². The molecule has 19 heavy (non-hydrogen) atoms. The van der Waals surface area contributed by atoms with E-state index in [-0.39, 0.29) is 0 Å². The molecule has 2 rings (SSSR count). The van der Waals surface area contributed by atoms with Crippen LogP contribution >= 0.6 is 22.7 Å². The van der Waals surface area contributed by atoms with Crippen molar-refractivity contribution in [3.05, 3.63) is 5.69 Å². The van der Waals surface area contributed by atoms with Gasteiger partial charge in [-0.15, -0.1) is 10.2 Å². The van der Waals surface area contributed by atoms with Crippen LogP contribution in [0.2, 0.25) is 0 Å². The second kappa shape index (κ2) is 5.83. The van der Waals surface area contributed by atoms with Crippen molar-refractivity contribution in [2.45, 2.75) is 26.7 Å². The van der Waals surface area contributed by atoms with Crippen LogP contribution in [0.25, 0.3) is 9.88 Å². The second-order valence-corrected chi connectivity index (χ2v) is 6.66. The maximum atomic E-state index is 4.70. The molecule has 1 N–H and O–H groups in total. The molecule has 0 amide bonds. The Morgan fingerprint density at radius 1 is 1.21 bits per heavy atom. The minimum atomic E-state index is 0.381. The molecule has 0 bridgehead atoms. The van der Waals surface area contributed by atoms with E-state index in [1.54, 1.807) is 22.7 Å². The fourth-order valence-corrected chi connectivity index (χ4v) is 3.63. The standard InChI is InChI=1S/C12H19N5S2/c1-6-13-11-16-15-10(19-11)9-8(7(2)3)14-12(18-9)17(4)5/h7H,6H2,1-5H3,(H,13,16). The van der Waals surface area contributed by atoms with Crippen molar-refractivity contribution in [2.24, 2.45) is 0 Å². The molecule has 0 atom stereocenters. The minimum Gasteiger partial charge on any atom is -0.360 e. The number of aromatic nitrogens is 3. The summed E-state index contributed by atoms with van der Waals surface area (Å²) in [5.41, 5.74) is 1.10. The topological polar surface area (TPSA) is 53.9 Å². The van der Waals surface area contributed by atoms with E-state index >= 15 is 0 Å². The molecule has 0 spiro atoms. The van der Waals surface area contributed by atoms with Crippen molar-refractivity contribution in [1.82, 2.24) is 15.2 Å². The molecule has 0 aliphatic carbocycles. The van der Waals surface area contributed by atoms with Crippen molar-refractivity contribution in [2.75, 3.05) is 30.9 Å². The molecule has 0 saturated carbocycles. The van der Waals surface area contributed by atoms with Crippen molar-refractivity contribution in [1.29, 1.82) is 0 Å². The highest BCUT2D eigenvalue weighted by atomic mass is 32.1. The lowest BCUT2D eigenvalue weighted by Crippen LogP contribution is -2.08. The minimum absolute atomic E-state index is 0.381. The van der Waals surface area contributed by atoms with Gasteiger partial charge in [0.25, 0.3) is 0 Å². The van der Waals surface area contributed by atoms with Crippen LogP contribution in [0.3, 0.4) is 0 Å². The monoisotopic (exact) mass is 297 g/mol. The lowest BCUT2D eigenvalue weighted by molar-refractivity contribution is 0.831. The van der Waals surface area contributed by atoms with Crippen LogP contribution in [0.1, 0.15) is 32.4 Å². The summed E-state index contributed by atoms with van der Waals surface area (Å²) in [6.45, 7) is 7.23. The van der Waals surface area contributed by atoms with E-state index in [1.807, 2.05) is 19.0 Å². The Morgan fingerprint density at radius 3 is 2.53 bits per heavy atom. The lowest BCUT2D eigenvalue weighted by Gasteiger charge is -2.05. The average molecular weight is 297 g/mol. The van der Waals surface area contributed by atoms with Crippen molar-refractivity contribution in [3.63, 3.8) is 0 Å². The maximum absolute atomic E-state index is 4.70. The molecular formula is C12H19N5S2. The normalized spacial score (nSPS) is 11.1. The number of hydrogen-bond acceptors (Lipinski definition) is 7. The molecule has 104 valence electrons. The van der Waals surface area contributed by atoms with Crippen LogP contribution in [-0.2, 0) is 0 Å². The van der Waals surface area contributed by atoms with Crippen LogP contribution in [0.4, 0.5) is 10.3 Å². The van der Waals surface area contributed by atoms with Crippen LogP contribution in [0, 0.1) is 0 Å². The Bertz CT molecular complexity index is 544. The molecule has 7 heteroatoms. The van der Waals surface area contributed by atoms with Crippen LogP contribution in [0.15, 0.2) is 0 Å². The fourth-order valence-electron chi connectivity index (χ4n) is 1.59. The van der Waals surface area contributed by atoms with Gasteiger partial charge < -0.3 is 10.2 Å². The summed E-state index contributed by atoms with van der Waals surface area (Å²) in [5.74, 6) is 0.381. The molecule has 2 heterocycles. The quantitative estimate of drug-likeness (QED) is 0.918. The summed E-state index contributed by atoms with van der Waals surface area (Å²) in [7, 11) is 4.02. The molecule has 0 fully saturated rings. The summed E-state index contributed by atoms with van der Waals surface area (Å²) in [4.78, 5) is 7.88. The van der Waals surface area contributed by atoms with Gasteiger partial charge in [0.2, 0.25) is 5.13 Å². The highest BCUT2D eigenvalue weighted by Gasteiger charge is 2.20. The Morgan fingerprint density at radius 2 is 1.95 bits per heavy atom. The molecule has 2 aromatic heterocycles. The highest BCUT2D eigenvalue weighted by molar-refractivity contribution is 7.25. The Kier molecular flexibility index (Phi) is 4.36. The van der Waals surface area contributed by atoms with Gasteiger partial charge in [-0.3, -0.25) is 0 Å². The van der Waals surface area contributed by atoms with E-state index in [9.17, 15) is 0 Å². The average Bonchev–Trinajstić information content (AvgIpc) is 2.94. The van der Waals surface area contributed by atoms with E-state index in [1.165, 1.54) is 0 Å². The van der Waals surface area contributed by atoms with Gasteiger partial charge in [0.1, 0.15) is 0 Å². The van der Waals surface area contributed by atoms with Gasteiger partial charge in [0.15, 0.2) is 10.1 Å². The molecular weight excluding hydrogens is 278 g/mol. The third-order valence-electron chi connectivity index (χ3n) is 2.52. The summed E-state index contributed by atoms with van der Waals surface area (Å²) < 4.78 is 0. The third kappa shape index (κ3) is 3.03. The number of rotatable bonds is 5. The predicted octanol–water partition coefficient (Wildman–Crippen LogP) is 3.28. The Labute approximate surface area is 121 Å². The van der Waals surface area contributed by atoms with E-state index in [0.29, 0.717) is 5.92 Å². The Hall–Kier alpha value is -1.21. The number of anilines is 2. The van der Waals surface area contributed by atoms with Gasteiger partial charge in [0.05, 0.1) is 10.6 Å². The SMILES string of the molecule is CCNc1nnc(-c2sc(N(C)C)nc2C(C)C)s1. The number of nitrogens with zero attached hydrogens (tertiary/aromatic N) is 4. The first-order valence-electron chi connectivity index (χ1n) is 6.28. The smallest absolute Gasteiger partial charge is 0.206 e. The van der Waals surface area contributed by atoms with E-state index < -0.39 is 0 Å². The lowest BCUT2D eigenvalue weighted by atomic mass is 10.1. The van der Waals surface area contributed by atoms with Gasteiger partial charge in [-0.05, 0) is 12.8 Å². The number of hydrogen-bond donors (Lipinski definition) is 1. The highest BCUT2D eigenvalue weighted by Crippen LogP contribution is 2.39. The zero-order chi connectivity index (χ0) is 14.0. The Balaban J connectivity index is 2.41. The van der Waals surface area contributed by atoms with Gasteiger partial charge in [0, 0.05) is 20.6 Å². The molecule has 5 nitrogen and oxygen atoms in total. The summed E-state index contributed by atoms with van der Waals surface area (Å²) in [6, 6.07) is 0. The molecule has 0 aliphatic heterocycles. The zero-order valence-electron chi connectivity index (χ0n) is 11.9. The summed E-state index contributed by atoms with van der Waals surface area (Å²) >= 11 is 3.26. The summed E-state index contributed by atoms with van der Waals surface area (Å²) in [6.07, 6.45) is 0. The van der Waals surface area contributed by atoms with Crippen LogP contribution in [0.5, 0.6) is 0 Å².